The zero-order chi connectivity index (χ0) is 29.6. The lowest BCUT2D eigenvalue weighted by Crippen LogP contribution is -2.78. The molecule has 0 amide bonds. The molecule has 0 saturated heterocycles. The predicted octanol–water partition coefficient (Wildman–Crippen LogP) is 5.44. The number of rotatable bonds is 2. The molecule has 4 heteroatoms. The van der Waals surface area contributed by atoms with E-state index < -0.39 is 8.07 Å². The number of benzene rings is 6. The van der Waals surface area contributed by atoms with E-state index in [4.69, 9.17) is 0 Å². The molecule has 0 atom stereocenters. The molecule has 9 rings (SSSR count). The van der Waals surface area contributed by atoms with E-state index in [0.717, 1.165) is 0 Å². The van der Waals surface area contributed by atoms with E-state index >= 15 is 0 Å². The van der Waals surface area contributed by atoms with Gasteiger partial charge in [0.2, 0.25) is 6.71 Å². The van der Waals surface area contributed by atoms with Crippen LogP contribution in [0.2, 0.25) is 0 Å². The highest BCUT2D eigenvalue weighted by molar-refractivity contribution is 8.00. The van der Waals surface area contributed by atoms with Crippen LogP contribution in [0.4, 0.5) is 17.1 Å². The van der Waals surface area contributed by atoms with Gasteiger partial charge in [-0.15, -0.1) is 0 Å². The summed E-state index contributed by atoms with van der Waals surface area (Å²) < 4.78 is 0. The van der Waals surface area contributed by atoms with Gasteiger partial charge in [0.15, 0.2) is 8.07 Å². The summed E-state index contributed by atoms with van der Waals surface area (Å²) in [6, 6.07) is 53.4. The highest BCUT2D eigenvalue weighted by atomic mass is 32.2. The van der Waals surface area contributed by atoms with Crippen molar-refractivity contribution in [3.63, 3.8) is 0 Å². The van der Waals surface area contributed by atoms with Crippen molar-refractivity contribution in [3.8, 4) is 0 Å². The largest absolute Gasteiger partial charge is 0.312 e. The summed E-state index contributed by atoms with van der Waals surface area (Å²) in [6.45, 7) is 7.14. The number of para-hydroxylation sites is 2. The molecular formula is C40H32BNSSi. The lowest BCUT2D eigenvalue weighted by molar-refractivity contribution is 0.589. The molecule has 0 bridgehead atoms. The Kier molecular flexibility index (Phi) is 5.58. The van der Waals surface area contributed by atoms with Crippen LogP contribution >= 0.6 is 11.8 Å². The molecule has 0 unspecified atom stereocenters. The molecule has 0 aliphatic carbocycles. The molecule has 1 nitrogen and oxygen atoms in total. The number of fused-ring (bicyclic) bond motifs is 6. The highest BCUT2D eigenvalue weighted by Crippen LogP contribution is 2.43. The van der Waals surface area contributed by atoms with Gasteiger partial charge in [0, 0.05) is 26.9 Å². The SMILES string of the molecule is CC(C)(C)c1ccc2c(c1)Sc1cccc3c1B2c1cccc2c1N3c1ccccc1[Si]2(c1ccccc1)c1ccccc1. The Morgan fingerprint density at radius 1 is 0.568 bits per heavy atom. The third-order valence-electron chi connectivity index (χ3n) is 9.95. The first-order valence-electron chi connectivity index (χ1n) is 15.6. The van der Waals surface area contributed by atoms with Crippen LogP contribution in [0.25, 0.3) is 0 Å². The first kappa shape index (κ1) is 26.2. The number of anilines is 3. The van der Waals surface area contributed by atoms with Crippen LogP contribution in [-0.2, 0) is 5.41 Å². The van der Waals surface area contributed by atoms with Crippen LogP contribution in [0.3, 0.4) is 0 Å². The Bertz CT molecular complexity index is 2060. The predicted molar refractivity (Wildman–Crippen MR) is 192 cm³/mol. The van der Waals surface area contributed by atoms with E-state index in [2.05, 4.69) is 165 Å². The van der Waals surface area contributed by atoms with Crippen molar-refractivity contribution in [2.75, 3.05) is 4.90 Å². The fourth-order valence-corrected chi connectivity index (χ4v) is 14.4. The van der Waals surface area contributed by atoms with Crippen molar-refractivity contribution in [1.29, 1.82) is 0 Å². The first-order valence-corrected chi connectivity index (χ1v) is 18.4. The topological polar surface area (TPSA) is 3.24 Å². The molecule has 3 heterocycles. The maximum atomic E-state index is 2.61. The average Bonchev–Trinajstić information content (AvgIpc) is 3.06. The molecule has 6 aromatic rings. The van der Waals surface area contributed by atoms with Crippen LogP contribution < -0.4 is 42.0 Å². The fraction of sp³-hybridized carbons (Fsp3) is 0.100. The Morgan fingerprint density at radius 2 is 1.20 bits per heavy atom. The van der Waals surface area contributed by atoms with Gasteiger partial charge in [-0.3, -0.25) is 0 Å². The maximum Gasteiger partial charge on any atom is 0.249 e. The molecule has 0 fully saturated rings. The van der Waals surface area contributed by atoms with Gasteiger partial charge in [0.25, 0.3) is 0 Å². The van der Waals surface area contributed by atoms with Gasteiger partial charge in [-0.2, -0.15) is 0 Å². The molecule has 0 saturated carbocycles. The third-order valence-corrected chi connectivity index (χ3v) is 15.9. The zero-order valence-corrected chi connectivity index (χ0v) is 27.0. The molecule has 210 valence electrons. The van der Waals surface area contributed by atoms with Gasteiger partial charge in [-0.25, -0.2) is 0 Å². The van der Waals surface area contributed by atoms with E-state index in [-0.39, 0.29) is 12.1 Å². The van der Waals surface area contributed by atoms with E-state index in [9.17, 15) is 0 Å². The van der Waals surface area contributed by atoms with Gasteiger partial charge < -0.3 is 4.90 Å². The highest BCUT2D eigenvalue weighted by Gasteiger charge is 2.52. The third kappa shape index (κ3) is 3.44. The van der Waals surface area contributed by atoms with Crippen LogP contribution in [-0.4, -0.2) is 14.8 Å². The normalized spacial score (nSPS) is 15.2. The first-order chi connectivity index (χ1) is 21.5. The molecule has 0 spiro atoms. The van der Waals surface area contributed by atoms with Gasteiger partial charge in [-0.1, -0.05) is 153 Å². The van der Waals surface area contributed by atoms with Crippen molar-refractivity contribution >= 4 is 80.7 Å². The van der Waals surface area contributed by atoms with E-state index in [1.54, 1.807) is 0 Å². The average molecular weight is 598 g/mol. The van der Waals surface area contributed by atoms with Crippen molar-refractivity contribution in [3.05, 3.63) is 145 Å². The van der Waals surface area contributed by atoms with Crippen molar-refractivity contribution in [1.82, 2.24) is 0 Å². The number of nitrogens with zero attached hydrogens (tertiary/aromatic N) is 1. The maximum absolute atomic E-state index is 2.66. The fourth-order valence-electron chi connectivity index (χ4n) is 8.04. The minimum Gasteiger partial charge on any atom is -0.312 e. The molecule has 6 aromatic carbocycles. The van der Waals surface area contributed by atoms with Crippen LogP contribution in [0.15, 0.2) is 149 Å². The van der Waals surface area contributed by atoms with Gasteiger partial charge >= 0.3 is 0 Å². The summed E-state index contributed by atoms with van der Waals surface area (Å²) in [4.78, 5) is 5.38. The number of hydrogen-bond donors (Lipinski definition) is 0. The molecule has 3 aliphatic rings. The number of hydrogen-bond acceptors (Lipinski definition) is 2. The molecule has 0 radical (unpaired) electrons. The Balaban J connectivity index is 1.42. The summed E-state index contributed by atoms with van der Waals surface area (Å²) in [6.07, 6.45) is 0. The van der Waals surface area contributed by atoms with Crippen molar-refractivity contribution < 1.29 is 0 Å². The van der Waals surface area contributed by atoms with Gasteiger partial charge in [-0.05, 0) is 66.9 Å². The summed E-state index contributed by atoms with van der Waals surface area (Å²) in [5.41, 5.74) is 9.82. The minimum atomic E-state index is -2.66. The molecule has 0 aromatic heterocycles. The summed E-state index contributed by atoms with van der Waals surface area (Å²) in [5.74, 6) is 0. The smallest absolute Gasteiger partial charge is 0.249 e. The second-order valence-electron chi connectivity index (χ2n) is 13.3. The van der Waals surface area contributed by atoms with E-state index in [0.29, 0.717) is 0 Å². The second-order valence-corrected chi connectivity index (χ2v) is 18.1. The summed E-state index contributed by atoms with van der Waals surface area (Å²) in [7, 11) is -2.66. The molecule has 44 heavy (non-hydrogen) atoms. The summed E-state index contributed by atoms with van der Waals surface area (Å²) in [5, 5.41) is 5.80. The Labute approximate surface area is 265 Å². The van der Waals surface area contributed by atoms with Gasteiger partial charge in [0.1, 0.15) is 0 Å². The zero-order valence-electron chi connectivity index (χ0n) is 25.2. The van der Waals surface area contributed by atoms with E-state index in [1.807, 2.05) is 11.8 Å². The molecule has 3 aliphatic heterocycles. The lowest BCUT2D eigenvalue weighted by Gasteiger charge is -2.49. The quantitative estimate of drug-likeness (QED) is 0.244. The monoisotopic (exact) mass is 597 g/mol. The Morgan fingerprint density at radius 3 is 1.93 bits per heavy atom. The van der Waals surface area contributed by atoms with E-state index in [1.165, 1.54) is 69.6 Å². The van der Waals surface area contributed by atoms with Crippen LogP contribution in [0, 0.1) is 0 Å². The van der Waals surface area contributed by atoms with Crippen LogP contribution in [0.1, 0.15) is 26.3 Å². The second kappa shape index (κ2) is 9.38. The van der Waals surface area contributed by atoms with Gasteiger partial charge in [0.05, 0.1) is 0 Å². The van der Waals surface area contributed by atoms with Crippen LogP contribution in [0.5, 0.6) is 0 Å². The molecular weight excluding hydrogens is 565 g/mol. The minimum absolute atomic E-state index is 0.104. The Hall–Kier alpha value is -4.25. The standard InChI is InChI=1S/C40H32BNSSi/c1-40(2,3)27-24-25-30-35(26-27)43-34-21-13-20-33-38(34)41(30)31-18-12-23-37-39(31)42(33)32-19-10-11-22-36(32)44(37,28-14-6-4-7-15-28)29-16-8-5-9-17-29/h4-26H,1-3H3. The lowest BCUT2D eigenvalue weighted by atomic mass is 9.35. The van der Waals surface area contributed by atoms with Crippen molar-refractivity contribution in [2.45, 2.75) is 36.0 Å². The van der Waals surface area contributed by atoms with Crippen molar-refractivity contribution in [2.24, 2.45) is 0 Å². The summed E-state index contributed by atoms with van der Waals surface area (Å²) >= 11 is 1.95. The molecule has 0 N–H and O–H groups in total.